The highest BCUT2D eigenvalue weighted by molar-refractivity contribution is 5.48. The standard InChI is InChI=1S/C19H26N8O/c1-19(2,3)18-22-21-15-6-7-16(23-27(15)18)26-11-14(12-26)24(4)9-13-10-25(5)17(28)8-20-13/h6-8,10,14H,9,11-12H2,1-5H3. The highest BCUT2D eigenvalue weighted by Gasteiger charge is 2.32. The quantitative estimate of drug-likeness (QED) is 0.661. The van der Waals surface area contributed by atoms with Gasteiger partial charge in [-0.1, -0.05) is 20.8 Å². The fraction of sp³-hybridized carbons (Fsp3) is 0.526. The maximum atomic E-state index is 11.5. The molecular formula is C19H26N8O. The molecule has 0 N–H and O–H groups in total. The minimum Gasteiger partial charge on any atom is -0.352 e. The Hall–Kier alpha value is -2.81. The first-order chi connectivity index (χ1) is 13.2. The van der Waals surface area contributed by atoms with Crippen LogP contribution in [0.1, 0.15) is 32.3 Å². The first kappa shape index (κ1) is 18.5. The van der Waals surface area contributed by atoms with Gasteiger partial charge in [-0.2, -0.15) is 4.52 Å². The zero-order chi connectivity index (χ0) is 20.1. The van der Waals surface area contributed by atoms with Crippen molar-refractivity contribution in [2.75, 3.05) is 25.0 Å². The minimum absolute atomic E-state index is 0.0914. The fourth-order valence-electron chi connectivity index (χ4n) is 3.35. The monoisotopic (exact) mass is 382 g/mol. The highest BCUT2D eigenvalue weighted by Crippen LogP contribution is 2.25. The zero-order valence-corrected chi connectivity index (χ0v) is 17.0. The number of likely N-dealkylation sites (N-methyl/N-ethyl adjacent to an activating group) is 1. The van der Waals surface area contributed by atoms with Gasteiger partial charge in [0.1, 0.15) is 5.82 Å². The Morgan fingerprint density at radius 1 is 1.21 bits per heavy atom. The van der Waals surface area contributed by atoms with E-state index in [4.69, 9.17) is 5.10 Å². The van der Waals surface area contributed by atoms with E-state index in [1.165, 1.54) is 6.20 Å². The summed E-state index contributed by atoms with van der Waals surface area (Å²) in [7, 11) is 3.83. The Labute approximate surface area is 163 Å². The van der Waals surface area contributed by atoms with Crippen LogP contribution >= 0.6 is 0 Å². The Balaban J connectivity index is 1.44. The topological polar surface area (TPSA) is 84.5 Å². The molecule has 3 aromatic heterocycles. The molecule has 28 heavy (non-hydrogen) atoms. The summed E-state index contributed by atoms with van der Waals surface area (Å²) in [5.74, 6) is 1.79. The maximum absolute atomic E-state index is 11.5. The van der Waals surface area contributed by atoms with Gasteiger partial charge >= 0.3 is 0 Å². The van der Waals surface area contributed by atoms with Crippen LogP contribution < -0.4 is 10.5 Å². The number of hydrogen-bond acceptors (Lipinski definition) is 7. The van der Waals surface area contributed by atoms with E-state index >= 15 is 0 Å². The summed E-state index contributed by atoms with van der Waals surface area (Å²) in [5.41, 5.74) is 1.45. The van der Waals surface area contributed by atoms with Gasteiger partial charge in [-0.05, 0) is 19.2 Å². The van der Waals surface area contributed by atoms with E-state index in [2.05, 4.69) is 52.8 Å². The van der Waals surface area contributed by atoms with Crippen molar-refractivity contribution in [3.8, 4) is 0 Å². The molecule has 0 aliphatic carbocycles. The molecule has 0 amide bonds. The van der Waals surface area contributed by atoms with Crippen molar-refractivity contribution in [3.63, 3.8) is 0 Å². The third kappa shape index (κ3) is 3.37. The molecule has 1 fully saturated rings. The zero-order valence-electron chi connectivity index (χ0n) is 17.0. The number of hydrogen-bond donors (Lipinski definition) is 0. The molecule has 0 saturated carbocycles. The average molecular weight is 382 g/mol. The van der Waals surface area contributed by atoms with Gasteiger partial charge in [-0.25, -0.2) is 0 Å². The molecule has 4 heterocycles. The van der Waals surface area contributed by atoms with E-state index in [-0.39, 0.29) is 11.0 Å². The molecule has 9 heteroatoms. The molecule has 0 bridgehead atoms. The number of aryl methyl sites for hydroxylation is 1. The second-order valence-corrected chi connectivity index (χ2v) is 8.54. The van der Waals surface area contributed by atoms with Crippen LogP contribution in [-0.4, -0.2) is 60.4 Å². The van der Waals surface area contributed by atoms with Crippen LogP contribution in [0.15, 0.2) is 29.3 Å². The molecule has 148 valence electrons. The van der Waals surface area contributed by atoms with Crippen LogP contribution in [0.25, 0.3) is 5.65 Å². The van der Waals surface area contributed by atoms with E-state index in [1.54, 1.807) is 17.8 Å². The second-order valence-electron chi connectivity index (χ2n) is 8.54. The van der Waals surface area contributed by atoms with Gasteiger partial charge in [0, 0.05) is 44.3 Å². The first-order valence-electron chi connectivity index (χ1n) is 9.42. The van der Waals surface area contributed by atoms with Gasteiger partial charge < -0.3 is 9.47 Å². The lowest BCUT2D eigenvalue weighted by Gasteiger charge is -2.44. The predicted octanol–water partition coefficient (Wildman–Crippen LogP) is 0.836. The molecule has 3 aromatic rings. The Morgan fingerprint density at radius 3 is 2.64 bits per heavy atom. The molecule has 0 aromatic carbocycles. The lowest BCUT2D eigenvalue weighted by atomic mass is 9.96. The van der Waals surface area contributed by atoms with Crippen molar-refractivity contribution in [3.05, 3.63) is 46.4 Å². The van der Waals surface area contributed by atoms with Crippen molar-refractivity contribution in [2.24, 2.45) is 7.05 Å². The fourth-order valence-corrected chi connectivity index (χ4v) is 3.35. The first-order valence-corrected chi connectivity index (χ1v) is 9.42. The number of fused-ring (bicyclic) bond motifs is 1. The lowest BCUT2D eigenvalue weighted by molar-refractivity contribution is 0.194. The van der Waals surface area contributed by atoms with Gasteiger partial charge in [0.05, 0.1) is 11.9 Å². The van der Waals surface area contributed by atoms with Crippen molar-refractivity contribution in [1.29, 1.82) is 0 Å². The predicted molar refractivity (Wildman–Crippen MR) is 106 cm³/mol. The number of rotatable bonds is 4. The highest BCUT2D eigenvalue weighted by atomic mass is 16.1. The molecule has 4 rings (SSSR count). The third-order valence-corrected chi connectivity index (χ3v) is 5.17. The largest absolute Gasteiger partial charge is 0.352 e. The van der Waals surface area contributed by atoms with Gasteiger partial charge in [-0.3, -0.25) is 14.7 Å². The summed E-state index contributed by atoms with van der Waals surface area (Å²) in [6, 6.07) is 4.39. The van der Waals surface area contributed by atoms with Crippen LogP contribution in [-0.2, 0) is 19.0 Å². The van der Waals surface area contributed by atoms with Crippen molar-refractivity contribution in [1.82, 2.24) is 34.3 Å². The van der Waals surface area contributed by atoms with E-state index in [1.807, 2.05) is 16.6 Å². The van der Waals surface area contributed by atoms with Gasteiger partial charge in [0.2, 0.25) is 0 Å². The molecule has 0 atom stereocenters. The van der Waals surface area contributed by atoms with Crippen molar-refractivity contribution < 1.29 is 0 Å². The number of aromatic nitrogens is 6. The number of anilines is 1. The molecule has 0 spiro atoms. The van der Waals surface area contributed by atoms with E-state index in [0.29, 0.717) is 12.6 Å². The molecular weight excluding hydrogens is 356 g/mol. The molecule has 0 unspecified atom stereocenters. The molecule has 0 radical (unpaired) electrons. The number of nitrogens with zero attached hydrogens (tertiary/aromatic N) is 8. The van der Waals surface area contributed by atoms with E-state index in [0.717, 1.165) is 36.1 Å². The van der Waals surface area contributed by atoms with Crippen LogP contribution in [0.5, 0.6) is 0 Å². The second kappa shape index (κ2) is 6.66. The molecule has 9 nitrogen and oxygen atoms in total. The summed E-state index contributed by atoms with van der Waals surface area (Å²) in [4.78, 5) is 20.2. The Morgan fingerprint density at radius 2 is 1.96 bits per heavy atom. The maximum Gasteiger partial charge on any atom is 0.268 e. The normalized spacial score (nSPS) is 15.4. The lowest BCUT2D eigenvalue weighted by Crippen LogP contribution is -2.58. The summed E-state index contributed by atoms with van der Waals surface area (Å²) < 4.78 is 3.41. The van der Waals surface area contributed by atoms with Crippen molar-refractivity contribution >= 4 is 11.5 Å². The average Bonchev–Trinajstić information content (AvgIpc) is 3.00. The van der Waals surface area contributed by atoms with E-state index in [9.17, 15) is 4.79 Å². The smallest absolute Gasteiger partial charge is 0.268 e. The molecule has 1 saturated heterocycles. The van der Waals surface area contributed by atoms with Gasteiger partial charge in [0.15, 0.2) is 11.5 Å². The Kier molecular flexibility index (Phi) is 4.41. The van der Waals surface area contributed by atoms with E-state index < -0.39 is 0 Å². The summed E-state index contributed by atoms with van der Waals surface area (Å²) in [6.45, 7) is 8.83. The van der Waals surface area contributed by atoms with Crippen LogP contribution in [0.4, 0.5) is 5.82 Å². The summed E-state index contributed by atoms with van der Waals surface area (Å²) >= 11 is 0. The van der Waals surface area contributed by atoms with Gasteiger partial charge in [0.25, 0.3) is 5.56 Å². The SMILES string of the molecule is CN(Cc1cn(C)c(=O)cn1)C1CN(c2ccc3nnc(C(C)(C)C)n3n2)C1. The summed E-state index contributed by atoms with van der Waals surface area (Å²) in [5, 5.41) is 13.3. The van der Waals surface area contributed by atoms with Gasteiger partial charge in [-0.15, -0.1) is 15.3 Å². The van der Waals surface area contributed by atoms with Crippen LogP contribution in [0.2, 0.25) is 0 Å². The Bertz CT molecular complexity index is 1060. The third-order valence-electron chi connectivity index (χ3n) is 5.17. The molecule has 1 aliphatic rings. The van der Waals surface area contributed by atoms with Crippen LogP contribution in [0.3, 0.4) is 0 Å². The van der Waals surface area contributed by atoms with Crippen LogP contribution in [0, 0.1) is 0 Å². The minimum atomic E-state index is -0.120. The summed E-state index contributed by atoms with van der Waals surface area (Å²) in [6.07, 6.45) is 3.17. The molecule has 1 aliphatic heterocycles. The van der Waals surface area contributed by atoms with Crippen molar-refractivity contribution in [2.45, 2.75) is 38.8 Å².